The maximum absolute atomic E-state index is 13.0. The van der Waals surface area contributed by atoms with Crippen molar-refractivity contribution < 1.29 is 9.18 Å². The Balaban J connectivity index is 1.90. The van der Waals surface area contributed by atoms with E-state index in [1.54, 1.807) is 12.1 Å². The smallest absolute Gasteiger partial charge is 0.244 e. The van der Waals surface area contributed by atoms with Crippen LogP contribution in [-0.2, 0) is 11.3 Å². The number of nitrogens with one attached hydrogen (secondary N) is 1. The van der Waals surface area contributed by atoms with Crippen LogP contribution in [0.5, 0.6) is 0 Å². The summed E-state index contributed by atoms with van der Waals surface area (Å²) in [6.45, 7) is 2.48. The molecule has 1 N–H and O–H groups in total. The normalized spacial score (nSPS) is 10.8. The molecular weight excluding hydrogens is 289 g/mol. The molecule has 0 bridgehead atoms. The van der Waals surface area contributed by atoms with Crippen LogP contribution in [0.15, 0.2) is 48.5 Å². The fourth-order valence-corrected chi connectivity index (χ4v) is 1.93. The molecule has 2 nitrogen and oxygen atoms in total. The molecule has 0 aliphatic heterocycles. The maximum atomic E-state index is 13.0. The molecule has 0 saturated heterocycles. The molecule has 0 radical (unpaired) electrons. The predicted molar refractivity (Wildman–Crippen MR) is 83.5 cm³/mol. The topological polar surface area (TPSA) is 29.1 Å². The van der Waals surface area contributed by atoms with Gasteiger partial charge in [-0.25, -0.2) is 4.39 Å². The first kappa shape index (κ1) is 15.3. The largest absolute Gasteiger partial charge is 0.348 e. The van der Waals surface area contributed by atoms with Crippen molar-refractivity contribution >= 4 is 23.6 Å². The summed E-state index contributed by atoms with van der Waals surface area (Å²) in [5.41, 5.74) is 2.89. The van der Waals surface area contributed by atoms with Crippen LogP contribution in [0.1, 0.15) is 16.7 Å². The van der Waals surface area contributed by atoms with Gasteiger partial charge in [0.05, 0.1) is 5.02 Å². The lowest BCUT2D eigenvalue weighted by Crippen LogP contribution is -2.20. The number of hydrogen-bond donors (Lipinski definition) is 1. The summed E-state index contributed by atoms with van der Waals surface area (Å²) in [6.07, 6.45) is 2.99. The van der Waals surface area contributed by atoms with E-state index < -0.39 is 5.82 Å². The van der Waals surface area contributed by atoms with Gasteiger partial charge in [0, 0.05) is 12.6 Å². The lowest BCUT2D eigenvalue weighted by atomic mass is 10.1. The Morgan fingerprint density at radius 3 is 2.62 bits per heavy atom. The SMILES string of the molecule is Cc1ccc(CNC(=O)/C=C/c2ccc(F)c(Cl)c2)cc1. The summed E-state index contributed by atoms with van der Waals surface area (Å²) in [5, 5.41) is 2.82. The third-order valence-corrected chi connectivity index (χ3v) is 3.25. The van der Waals surface area contributed by atoms with Gasteiger partial charge in [0.1, 0.15) is 5.82 Å². The molecule has 0 unspecified atom stereocenters. The minimum atomic E-state index is -0.474. The Morgan fingerprint density at radius 2 is 1.95 bits per heavy atom. The monoisotopic (exact) mass is 303 g/mol. The number of halogens is 2. The molecule has 0 aromatic heterocycles. The fraction of sp³-hybridized carbons (Fsp3) is 0.118. The van der Waals surface area contributed by atoms with E-state index in [1.807, 2.05) is 31.2 Å². The maximum Gasteiger partial charge on any atom is 0.244 e. The second-order valence-corrected chi connectivity index (χ2v) is 5.12. The standard InChI is InChI=1S/C17H15ClFNO/c1-12-2-4-14(5-3-12)11-20-17(21)9-7-13-6-8-16(19)15(18)10-13/h2-10H,11H2,1H3,(H,20,21)/b9-7+. The minimum absolute atomic E-state index is 0.0391. The predicted octanol–water partition coefficient (Wildman–Crippen LogP) is 4.12. The molecule has 2 aromatic carbocycles. The number of aryl methyl sites for hydroxylation is 1. The van der Waals surface area contributed by atoms with E-state index in [4.69, 9.17) is 11.6 Å². The zero-order valence-electron chi connectivity index (χ0n) is 11.6. The summed E-state index contributed by atoms with van der Waals surface area (Å²) in [6, 6.07) is 12.2. The Morgan fingerprint density at radius 1 is 1.24 bits per heavy atom. The van der Waals surface area contributed by atoms with E-state index >= 15 is 0 Å². The lowest BCUT2D eigenvalue weighted by molar-refractivity contribution is -0.116. The molecule has 4 heteroatoms. The van der Waals surface area contributed by atoms with Gasteiger partial charge in [-0.3, -0.25) is 4.79 Å². The first-order valence-electron chi connectivity index (χ1n) is 6.51. The number of benzene rings is 2. The Labute approximate surface area is 128 Å². The summed E-state index contributed by atoms with van der Waals surface area (Å²) in [4.78, 5) is 11.7. The van der Waals surface area contributed by atoms with Gasteiger partial charge < -0.3 is 5.32 Å². The molecular formula is C17H15ClFNO. The second-order valence-electron chi connectivity index (χ2n) is 4.71. The van der Waals surface area contributed by atoms with Crippen molar-refractivity contribution in [3.05, 3.63) is 76.1 Å². The molecule has 0 spiro atoms. The molecule has 2 rings (SSSR count). The number of amides is 1. The van der Waals surface area contributed by atoms with Crippen LogP contribution in [0, 0.1) is 12.7 Å². The van der Waals surface area contributed by atoms with Crippen molar-refractivity contribution in [1.29, 1.82) is 0 Å². The molecule has 0 fully saturated rings. The zero-order chi connectivity index (χ0) is 15.2. The van der Waals surface area contributed by atoms with Gasteiger partial charge in [0.2, 0.25) is 5.91 Å². The quantitative estimate of drug-likeness (QED) is 0.846. The Bertz CT molecular complexity index is 665. The Kier molecular flexibility index (Phi) is 5.12. The third-order valence-electron chi connectivity index (χ3n) is 2.96. The number of carbonyl (C=O) groups is 1. The highest BCUT2D eigenvalue weighted by molar-refractivity contribution is 6.30. The van der Waals surface area contributed by atoms with Crippen LogP contribution in [0.2, 0.25) is 5.02 Å². The van der Waals surface area contributed by atoms with E-state index in [1.165, 1.54) is 23.8 Å². The van der Waals surface area contributed by atoms with Gasteiger partial charge in [0.25, 0.3) is 0 Å². The molecule has 21 heavy (non-hydrogen) atoms. The molecule has 0 aliphatic carbocycles. The minimum Gasteiger partial charge on any atom is -0.348 e. The van der Waals surface area contributed by atoms with Crippen molar-refractivity contribution in [1.82, 2.24) is 5.32 Å². The number of hydrogen-bond acceptors (Lipinski definition) is 1. The van der Waals surface area contributed by atoms with Crippen molar-refractivity contribution in [2.24, 2.45) is 0 Å². The molecule has 0 saturated carbocycles. The van der Waals surface area contributed by atoms with E-state index in [9.17, 15) is 9.18 Å². The van der Waals surface area contributed by atoms with Gasteiger partial charge in [-0.2, -0.15) is 0 Å². The van der Waals surface area contributed by atoms with Crippen LogP contribution < -0.4 is 5.32 Å². The van der Waals surface area contributed by atoms with Crippen molar-refractivity contribution in [3.8, 4) is 0 Å². The summed E-state index contributed by atoms with van der Waals surface area (Å²) < 4.78 is 13.0. The van der Waals surface area contributed by atoms with Gasteiger partial charge in [0.15, 0.2) is 0 Å². The highest BCUT2D eigenvalue weighted by Gasteiger charge is 2.00. The second kappa shape index (κ2) is 7.04. The third kappa shape index (κ3) is 4.72. The van der Waals surface area contributed by atoms with Crippen molar-refractivity contribution in [2.45, 2.75) is 13.5 Å². The van der Waals surface area contributed by atoms with E-state index in [0.29, 0.717) is 12.1 Å². The van der Waals surface area contributed by atoms with Crippen LogP contribution in [-0.4, -0.2) is 5.91 Å². The molecule has 0 heterocycles. The molecule has 2 aromatic rings. The van der Waals surface area contributed by atoms with Gasteiger partial charge in [-0.15, -0.1) is 0 Å². The van der Waals surface area contributed by atoms with E-state index in [-0.39, 0.29) is 10.9 Å². The van der Waals surface area contributed by atoms with Crippen molar-refractivity contribution in [2.75, 3.05) is 0 Å². The van der Waals surface area contributed by atoms with Gasteiger partial charge in [-0.05, 0) is 36.3 Å². The average molecular weight is 304 g/mol. The molecule has 0 aliphatic rings. The van der Waals surface area contributed by atoms with Crippen LogP contribution in [0.3, 0.4) is 0 Å². The summed E-state index contributed by atoms with van der Waals surface area (Å²) >= 11 is 5.67. The first-order chi connectivity index (χ1) is 10.0. The highest BCUT2D eigenvalue weighted by Crippen LogP contribution is 2.16. The average Bonchev–Trinajstić information content (AvgIpc) is 2.48. The highest BCUT2D eigenvalue weighted by atomic mass is 35.5. The van der Waals surface area contributed by atoms with E-state index in [2.05, 4.69) is 5.32 Å². The lowest BCUT2D eigenvalue weighted by Gasteiger charge is -2.03. The van der Waals surface area contributed by atoms with Crippen molar-refractivity contribution in [3.63, 3.8) is 0 Å². The van der Waals surface area contributed by atoms with E-state index in [0.717, 1.165) is 5.56 Å². The van der Waals surface area contributed by atoms with Crippen LogP contribution in [0.4, 0.5) is 4.39 Å². The summed E-state index contributed by atoms with van der Waals surface area (Å²) in [5.74, 6) is -0.686. The number of rotatable bonds is 4. The zero-order valence-corrected chi connectivity index (χ0v) is 12.3. The molecule has 1 amide bonds. The van der Waals surface area contributed by atoms with Gasteiger partial charge >= 0.3 is 0 Å². The van der Waals surface area contributed by atoms with Gasteiger partial charge in [-0.1, -0.05) is 47.5 Å². The molecule has 108 valence electrons. The van der Waals surface area contributed by atoms with Crippen LogP contribution >= 0.6 is 11.6 Å². The first-order valence-corrected chi connectivity index (χ1v) is 6.89. The van der Waals surface area contributed by atoms with Crippen LogP contribution in [0.25, 0.3) is 6.08 Å². The Hall–Kier alpha value is -2.13. The molecule has 0 atom stereocenters. The summed E-state index contributed by atoms with van der Waals surface area (Å²) in [7, 11) is 0. The number of carbonyl (C=O) groups excluding carboxylic acids is 1. The fourth-order valence-electron chi connectivity index (χ4n) is 1.74.